The number of carbonyl (C=O) groups is 1. The third-order valence-corrected chi connectivity index (χ3v) is 3.24. The van der Waals surface area contributed by atoms with Crippen molar-refractivity contribution in [2.75, 3.05) is 19.4 Å². The van der Waals surface area contributed by atoms with Gasteiger partial charge in [0.05, 0.1) is 0 Å². The SMILES string of the molecule is CC(C)c1nnc(N[C@@H](C)C(=O)N(C)C)s1. The first-order chi connectivity index (χ1) is 7.41. The van der Waals surface area contributed by atoms with Gasteiger partial charge in [0.1, 0.15) is 11.0 Å². The lowest BCUT2D eigenvalue weighted by molar-refractivity contribution is -0.129. The van der Waals surface area contributed by atoms with E-state index in [4.69, 9.17) is 0 Å². The van der Waals surface area contributed by atoms with Crippen molar-refractivity contribution in [2.45, 2.75) is 32.7 Å². The molecule has 0 fully saturated rings. The lowest BCUT2D eigenvalue weighted by Crippen LogP contribution is -2.36. The second-order valence-corrected chi connectivity index (χ2v) is 5.21. The number of hydrogen-bond donors (Lipinski definition) is 1. The quantitative estimate of drug-likeness (QED) is 0.870. The summed E-state index contributed by atoms with van der Waals surface area (Å²) in [7, 11) is 3.47. The van der Waals surface area contributed by atoms with Gasteiger partial charge >= 0.3 is 0 Å². The Kier molecular flexibility index (Phi) is 4.23. The predicted octanol–water partition coefficient (Wildman–Crippen LogP) is 1.55. The highest BCUT2D eigenvalue weighted by atomic mass is 32.1. The molecular formula is C10H18N4OS. The highest BCUT2D eigenvalue weighted by molar-refractivity contribution is 7.15. The van der Waals surface area contributed by atoms with Crippen LogP contribution in [-0.4, -0.2) is 41.1 Å². The maximum absolute atomic E-state index is 11.6. The summed E-state index contributed by atoms with van der Waals surface area (Å²) < 4.78 is 0. The second kappa shape index (κ2) is 5.25. The molecule has 1 rings (SSSR count). The molecule has 0 aliphatic carbocycles. The molecule has 90 valence electrons. The van der Waals surface area contributed by atoms with Gasteiger partial charge in [0.2, 0.25) is 11.0 Å². The van der Waals surface area contributed by atoms with Gasteiger partial charge in [-0.2, -0.15) is 0 Å². The molecule has 16 heavy (non-hydrogen) atoms. The van der Waals surface area contributed by atoms with Gasteiger partial charge in [-0.15, -0.1) is 10.2 Å². The molecule has 1 amide bonds. The van der Waals surface area contributed by atoms with Crippen molar-refractivity contribution in [1.82, 2.24) is 15.1 Å². The van der Waals surface area contributed by atoms with E-state index in [-0.39, 0.29) is 11.9 Å². The van der Waals surface area contributed by atoms with E-state index in [1.54, 1.807) is 19.0 Å². The van der Waals surface area contributed by atoms with Crippen molar-refractivity contribution in [3.63, 3.8) is 0 Å². The van der Waals surface area contributed by atoms with Gasteiger partial charge in [0.25, 0.3) is 0 Å². The van der Waals surface area contributed by atoms with E-state index in [0.29, 0.717) is 11.0 Å². The minimum atomic E-state index is -0.275. The minimum Gasteiger partial charge on any atom is -0.349 e. The summed E-state index contributed by atoms with van der Waals surface area (Å²) >= 11 is 1.49. The number of hydrogen-bond acceptors (Lipinski definition) is 5. The molecule has 1 aromatic heterocycles. The Balaban J connectivity index is 2.63. The van der Waals surface area contributed by atoms with Gasteiger partial charge in [-0.05, 0) is 6.92 Å². The van der Waals surface area contributed by atoms with Crippen LogP contribution in [0.25, 0.3) is 0 Å². The van der Waals surface area contributed by atoms with Crippen LogP contribution in [0.15, 0.2) is 0 Å². The van der Waals surface area contributed by atoms with Crippen molar-refractivity contribution < 1.29 is 4.79 Å². The molecule has 0 bridgehead atoms. The van der Waals surface area contributed by atoms with E-state index in [1.807, 2.05) is 6.92 Å². The molecule has 1 N–H and O–H groups in total. The van der Waals surface area contributed by atoms with Crippen molar-refractivity contribution >= 4 is 22.4 Å². The lowest BCUT2D eigenvalue weighted by Gasteiger charge is -2.16. The number of nitrogens with zero attached hydrogens (tertiary/aromatic N) is 3. The maximum atomic E-state index is 11.6. The molecule has 5 nitrogen and oxygen atoms in total. The number of nitrogens with one attached hydrogen (secondary N) is 1. The van der Waals surface area contributed by atoms with Gasteiger partial charge in [-0.3, -0.25) is 4.79 Å². The maximum Gasteiger partial charge on any atom is 0.244 e. The number of amides is 1. The molecule has 0 aliphatic rings. The molecule has 0 saturated carbocycles. The molecule has 0 spiro atoms. The third kappa shape index (κ3) is 3.16. The van der Waals surface area contributed by atoms with E-state index in [2.05, 4.69) is 29.4 Å². The predicted molar refractivity (Wildman–Crippen MR) is 65.8 cm³/mol. The highest BCUT2D eigenvalue weighted by Crippen LogP contribution is 2.22. The topological polar surface area (TPSA) is 58.1 Å². The summed E-state index contributed by atoms with van der Waals surface area (Å²) in [6.45, 7) is 5.95. The van der Waals surface area contributed by atoms with Crippen LogP contribution in [-0.2, 0) is 4.79 Å². The van der Waals surface area contributed by atoms with Gasteiger partial charge < -0.3 is 10.2 Å². The Bertz CT molecular complexity index is 361. The molecule has 1 heterocycles. The van der Waals surface area contributed by atoms with E-state index < -0.39 is 0 Å². The molecule has 0 aromatic carbocycles. The summed E-state index contributed by atoms with van der Waals surface area (Å²) in [5.41, 5.74) is 0. The Hall–Kier alpha value is -1.17. The summed E-state index contributed by atoms with van der Waals surface area (Å²) in [6.07, 6.45) is 0. The third-order valence-electron chi connectivity index (χ3n) is 2.09. The van der Waals surface area contributed by atoms with Crippen LogP contribution in [0, 0.1) is 0 Å². The molecule has 6 heteroatoms. The standard InChI is InChI=1S/C10H18N4OS/c1-6(2)8-12-13-10(16-8)11-7(3)9(15)14(4)5/h6-7H,1-5H3,(H,11,13)/t7-/m0/s1. The number of carbonyl (C=O) groups excluding carboxylic acids is 1. The van der Waals surface area contributed by atoms with E-state index >= 15 is 0 Å². The summed E-state index contributed by atoms with van der Waals surface area (Å²) in [4.78, 5) is 13.2. The second-order valence-electron chi connectivity index (χ2n) is 4.20. The molecule has 1 aromatic rings. The Morgan fingerprint density at radius 2 is 1.94 bits per heavy atom. The largest absolute Gasteiger partial charge is 0.349 e. The first-order valence-electron chi connectivity index (χ1n) is 5.23. The van der Waals surface area contributed by atoms with E-state index in [0.717, 1.165) is 5.01 Å². The van der Waals surface area contributed by atoms with E-state index in [9.17, 15) is 4.79 Å². The van der Waals surface area contributed by atoms with Gasteiger partial charge in [-0.1, -0.05) is 25.2 Å². The number of aromatic nitrogens is 2. The number of anilines is 1. The average molecular weight is 242 g/mol. The monoisotopic (exact) mass is 242 g/mol. The first kappa shape index (κ1) is 12.9. The Morgan fingerprint density at radius 1 is 1.31 bits per heavy atom. The Labute approximate surface area is 99.9 Å². The highest BCUT2D eigenvalue weighted by Gasteiger charge is 2.16. The zero-order chi connectivity index (χ0) is 12.3. The summed E-state index contributed by atoms with van der Waals surface area (Å²) in [6, 6.07) is -0.275. The van der Waals surface area contributed by atoms with Crippen LogP contribution in [0.5, 0.6) is 0 Å². The fourth-order valence-electron chi connectivity index (χ4n) is 1.16. The first-order valence-corrected chi connectivity index (χ1v) is 6.04. The van der Waals surface area contributed by atoms with Crippen LogP contribution >= 0.6 is 11.3 Å². The molecule has 0 saturated heterocycles. The molecule has 0 unspecified atom stereocenters. The minimum absolute atomic E-state index is 0.0290. The van der Waals surface area contributed by atoms with Gasteiger partial charge in [0, 0.05) is 20.0 Å². The Morgan fingerprint density at radius 3 is 2.38 bits per heavy atom. The van der Waals surface area contributed by atoms with E-state index in [1.165, 1.54) is 11.3 Å². The van der Waals surface area contributed by atoms with Crippen LogP contribution in [0.1, 0.15) is 31.7 Å². The van der Waals surface area contributed by atoms with Crippen LogP contribution in [0.2, 0.25) is 0 Å². The zero-order valence-corrected chi connectivity index (χ0v) is 11.1. The van der Waals surface area contributed by atoms with Crippen LogP contribution < -0.4 is 5.32 Å². The number of rotatable bonds is 4. The molecule has 1 atom stereocenters. The molecule has 0 aliphatic heterocycles. The van der Waals surface area contributed by atoms with Crippen LogP contribution in [0.4, 0.5) is 5.13 Å². The fourth-order valence-corrected chi connectivity index (χ4v) is 1.99. The van der Waals surface area contributed by atoms with Crippen molar-refractivity contribution in [2.24, 2.45) is 0 Å². The zero-order valence-electron chi connectivity index (χ0n) is 10.3. The van der Waals surface area contributed by atoms with Crippen molar-refractivity contribution in [1.29, 1.82) is 0 Å². The smallest absolute Gasteiger partial charge is 0.244 e. The van der Waals surface area contributed by atoms with Gasteiger partial charge in [-0.25, -0.2) is 0 Å². The molecule has 0 radical (unpaired) electrons. The normalized spacial score (nSPS) is 12.6. The average Bonchev–Trinajstić information content (AvgIpc) is 2.64. The van der Waals surface area contributed by atoms with Crippen molar-refractivity contribution in [3.05, 3.63) is 5.01 Å². The molecular weight excluding hydrogens is 224 g/mol. The number of likely N-dealkylation sites (N-methyl/N-ethyl adjacent to an activating group) is 1. The summed E-state index contributed by atoms with van der Waals surface area (Å²) in [5, 5.41) is 12.8. The fraction of sp³-hybridized carbons (Fsp3) is 0.700. The van der Waals surface area contributed by atoms with Crippen LogP contribution in [0.3, 0.4) is 0 Å². The summed E-state index contributed by atoms with van der Waals surface area (Å²) in [5.74, 6) is 0.397. The lowest BCUT2D eigenvalue weighted by atomic mass is 10.2. The van der Waals surface area contributed by atoms with Gasteiger partial charge in [0.15, 0.2) is 0 Å². The van der Waals surface area contributed by atoms with Crippen molar-refractivity contribution in [3.8, 4) is 0 Å².